The fourth-order valence-electron chi connectivity index (χ4n) is 2.23. The summed E-state index contributed by atoms with van der Waals surface area (Å²) in [6.07, 6.45) is 1.47. The number of hydrogen-bond donors (Lipinski definition) is 2. The molecule has 0 aliphatic rings. The zero-order chi connectivity index (χ0) is 20.1. The van der Waals surface area contributed by atoms with E-state index in [1.807, 2.05) is 0 Å². The van der Waals surface area contributed by atoms with E-state index >= 15 is 0 Å². The second-order valence-electron chi connectivity index (χ2n) is 5.60. The molecule has 0 saturated heterocycles. The van der Waals surface area contributed by atoms with E-state index in [-0.39, 0.29) is 17.1 Å². The molecule has 0 radical (unpaired) electrons. The summed E-state index contributed by atoms with van der Waals surface area (Å²) < 4.78 is 13.4. The van der Waals surface area contributed by atoms with E-state index in [2.05, 4.69) is 31.2 Å². The first-order valence-corrected chi connectivity index (χ1v) is 9.75. The van der Waals surface area contributed by atoms with Crippen molar-refractivity contribution in [2.75, 3.05) is 5.32 Å². The Hall–Kier alpha value is -2.78. The molecule has 0 aliphatic carbocycles. The van der Waals surface area contributed by atoms with Gasteiger partial charge in [-0.25, -0.2) is 19.2 Å². The first-order chi connectivity index (χ1) is 13.4. The van der Waals surface area contributed by atoms with Gasteiger partial charge in [0.05, 0.1) is 10.0 Å². The first kappa shape index (κ1) is 20.0. The number of carbonyl (C=O) groups excluding carboxylic acids is 1. The van der Waals surface area contributed by atoms with Crippen molar-refractivity contribution in [2.45, 2.75) is 10.9 Å². The van der Waals surface area contributed by atoms with Crippen LogP contribution in [0.5, 0.6) is 0 Å². The van der Waals surface area contributed by atoms with E-state index in [1.165, 1.54) is 48.3 Å². The molecular weight excluding hydrogens is 449 g/mol. The molecule has 2 N–H and O–H groups in total. The van der Waals surface area contributed by atoms with Crippen LogP contribution in [-0.2, 0) is 5.75 Å². The van der Waals surface area contributed by atoms with Gasteiger partial charge >= 0.3 is 5.97 Å². The molecule has 142 valence electrons. The second kappa shape index (κ2) is 8.94. The Morgan fingerprint density at radius 2 is 1.93 bits per heavy atom. The number of benzene rings is 2. The molecule has 0 saturated carbocycles. The van der Waals surface area contributed by atoms with Gasteiger partial charge in [0, 0.05) is 17.6 Å². The lowest BCUT2D eigenvalue weighted by atomic mass is 10.2. The monoisotopic (exact) mass is 461 g/mol. The lowest BCUT2D eigenvalue weighted by Crippen LogP contribution is -2.15. The fourth-order valence-corrected chi connectivity index (χ4v) is 3.37. The van der Waals surface area contributed by atoms with E-state index in [1.54, 1.807) is 18.2 Å². The van der Waals surface area contributed by atoms with Crippen LogP contribution in [0.4, 0.5) is 10.1 Å². The number of aromatic carboxylic acids is 1. The summed E-state index contributed by atoms with van der Waals surface area (Å²) in [7, 11) is 0. The molecule has 0 atom stereocenters. The molecule has 0 unspecified atom stereocenters. The highest BCUT2D eigenvalue weighted by Gasteiger charge is 2.15. The molecule has 0 aliphatic heterocycles. The molecule has 28 heavy (non-hydrogen) atoms. The molecular formula is C19H13BrFN3O3S. The summed E-state index contributed by atoms with van der Waals surface area (Å²) in [6, 6.07) is 12.0. The van der Waals surface area contributed by atoms with Gasteiger partial charge in [0.15, 0.2) is 5.16 Å². The fraction of sp³-hybridized carbons (Fsp3) is 0.0526. The topological polar surface area (TPSA) is 92.2 Å². The molecule has 1 amide bonds. The highest BCUT2D eigenvalue weighted by atomic mass is 79.9. The predicted molar refractivity (Wildman–Crippen MR) is 107 cm³/mol. The van der Waals surface area contributed by atoms with Crippen LogP contribution in [0.25, 0.3) is 0 Å². The van der Waals surface area contributed by atoms with E-state index in [0.717, 1.165) is 5.56 Å². The number of nitrogens with one attached hydrogen (secondary N) is 1. The van der Waals surface area contributed by atoms with E-state index in [4.69, 9.17) is 5.11 Å². The van der Waals surface area contributed by atoms with Crippen LogP contribution in [0, 0.1) is 5.82 Å². The number of rotatable bonds is 6. The number of carboxylic acid groups (broad SMARTS) is 1. The summed E-state index contributed by atoms with van der Waals surface area (Å²) in [6.45, 7) is 0. The normalized spacial score (nSPS) is 10.5. The quantitative estimate of drug-likeness (QED) is 0.410. The summed E-state index contributed by atoms with van der Waals surface area (Å²) in [5.41, 5.74) is 1.43. The number of nitrogens with zero attached hydrogens (tertiary/aromatic N) is 2. The first-order valence-electron chi connectivity index (χ1n) is 7.97. The van der Waals surface area contributed by atoms with Crippen molar-refractivity contribution >= 4 is 45.3 Å². The van der Waals surface area contributed by atoms with Crippen molar-refractivity contribution in [3.05, 3.63) is 81.8 Å². The average Bonchev–Trinajstić information content (AvgIpc) is 2.68. The van der Waals surface area contributed by atoms with E-state index in [9.17, 15) is 14.0 Å². The average molecular weight is 462 g/mol. The van der Waals surface area contributed by atoms with E-state index < -0.39 is 11.9 Å². The van der Waals surface area contributed by atoms with Gasteiger partial charge in [-0.3, -0.25) is 4.79 Å². The maximum absolute atomic E-state index is 13.0. The van der Waals surface area contributed by atoms with Crippen molar-refractivity contribution in [1.29, 1.82) is 0 Å². The van der Waals surface area contributed by atoms with Crippen LogP contribution in [0.15, 0.2) is 64.4 Å². The van der Waals surface area contributed by atoms with Crippen LogP contribution < -0.4 is 5.32 Å². The number of amides is 1. The molecule has 0 fully saturated rings. The summed E-state index contributed by atoms with van der Waals surface area (Å²) in [4.78, 5) is 32.0. The van der Waals surface area contributed by atoms with Crippen LogP contribution >= 0.6 is 27.7 Å². The van der Waals surface area contributed by atoms with Crippen molar-refractivity contribution in [3.8, 4) is 0 Å². The largest absolute Gasteiger partial charge is 0.478 e. The Morgan fingerprint density at radius 3 is 2.64 bits per heavy atom. The number of halogens is 2. The standard InChI is InChI=1S/C19H13BrFN3O3S/c20-15-9-22-19(28-10-11-4-6-13(21)7-5-11)24-16(15)17(25)23-14-3-1-2-12(8-14)18(26)27/h1-9H,10H2,(H,23,25)(H,26,27). The van der Waals surface area contributed by atoms with Gasteiger partial charge in [0.25, 0.3) is 5.91 Å². The second-order valence-corrected chi connectivity index (χ2v) is 7.40. The molecule has 6 nitrogen and oxygen atoms in total. The number of hydrogen-bond acceptors (Lipinski definition) is 5. The van der Waals surface area contributed by atoms with Gasteiger partial charge < -0.3 is 10.4 Å². The Labute approximate surface area is 172 Å². The highest BCUT2D eigenvalue weighted by Crippen LogP contribution is 2.23. The van der Waals surface area contributed by atoms with Gasteiger partial charge in [-0.15, -0.1) is 0 Å². The summed E-state index contributed by atoms with van der Waals surface area (Å²) >= 11 is 4.56. The van der Waals surface area contributed by atoms with Crippen molar-refractivity contribution in [1.82, 2.24) is 9.97 Å². The number of aromatic nitrogens is 2. The zero-order valence-corrected chi connectivity index (χ0v) is 16.6. The Balaban J connectivity index is 1.73. The third kappa shape index (κ3) is 5.14. The van der Waals surface area contributed by atoms with Gasteiger partial charge in [0.2, 0.25) is 0 Å². The van der Waals surface area contributed by atoms with Crippen LogP contribution in [-0.4, -0.2) is 27.0 Å². The smallest absolute Gasteiger partial charge is 0.335 e. The molecule has 2 aromatic carbocycles. The van der Waals surface area contributed by atoms with Crippen LogP contribution in [0.1, 0.15) is 26.4 Å². The third-order valence-electron chi connectivity index (χ3n) is 3.59. The maximum atomic E-state index is 13.0. The van der Waals surface area contributed by atoms with Crippen LogP contribution in [0.3, 0.4) is 0 Å². The van der Waals surface area contributed by atoms with Gasteiger partial charge in [0.1, 0.15) is 11.5 Å². The molecule has 0 bridgehead atoms. The molecule has 0 spiro atoms. The number of carbonyl (C=O) groups is 2. The van der Waals surface area contributed by atoms with Crippen molar-refractivity contribution < 1.29 is 19.1 Å². The van der Waals surface area contributed by atoms with E-state index in [0.29, 0.717) is 21.1 Å². The Kier molecular flexibility index (Phi) is 6.37. The summed E-state index contributed by atoms with van der Waals surface area (Å²) in [5.74, 6) is -1.37. The minimum atomic E-state index is -1.08. The predicted octanol–water partition coefficient (Wildman–Crippen LogP) is 4.62. The van der Waals surface area contributed by atoms with Gasteiger partial charge in [-0.05, 0) is 51.8 Å². The minimum absolute atomic E-state index is 0.0649. The van der Waals surface area contributed by atoms with Crippen LogP contribution in [0.2, 0.25) is 0 Å². The van der Waals surface area contributed by atoms with Crippen molar-refractivity contribution in [2.24, 2.45) is 0 Å². The highest BCUT2D eigenvalue weighted by molar-refractivity contribution is 9.10. The zero-order valence-electron chi connectivity index (χ0n) is 14.2. The molecule has 1 aromatic heterocycles. The van der Waals surface area contributed by atoms with Gasteiger partial charge in [-0.1, -0.05) is 30.0 Å². The number of anilines is 1. The molecule has 9 heteroatoms. The number of carboxylic acids is 1. The molecule has 3 rings (SSSR count). The number of thioether (sulfide) groups is 1. The summed E-state index contributed by atoms with van der Waals surface area (Å²) in [5, 5.41) is 12.1. The Bertz CT molecular complexity index is 1030. The third-order valence-corrected chi connectivity index (χ3v) is 5.10. The molecule has 1 heterocycles. The lowest BCUT2D eigenvalue weighted by molar-refractivity contribution is 0.0696. The minimum Gasteiger partial charge on any atom is -0.478 e. The molecule has 3 aromatic rings. The lowest BCUT2D eigenvalue weighted by Gasteiger charge is -2.08. The van der Waals surface area contributed by atoms with Crippen molar-refractivity contribution in [3.63, 3.8) is 0 Å². The van der Waals surface area contributed by atoms with Gasteiger partial charge in [-0.2, -0.15) is 0 Å². The maximum Gasteiger partial charge on any atom is 0.335 e. The Morgan fingerprint density at radius 1 is 1.18 bits per heavy atom. The SMILES string of the molecule is O=C(O)c1cccc(NC(=O)c2nc(SCc3ccc(F)cc3)ncc2Br)c1.